The predicted molar refractivity (Wildman–Crippen MR) is 133 cm³/mol. The van der Waals surface area contributed by atoms with E-state index < -0.39 is 40.3 Å². The molecule has 0 spiro atoms. The third-order valence-corrected chi connectivity index (χ3v) is 7.99. The van der Waals surface area contributed by atoms with Crippen molar-refractivity contribution in [3.05, 3.63) is 51.6 Å². The van der Waals surface area contributed by atoms with Gasteiger partial charge in [-0.15, -0.1) is 0 Å². The van der Waals surface area contributed by atoms with Gasteiger partial charge >= 0.3 is 5.97 Å². The van der Waals surface area contributed by atoms with Crippen LogP contribution in [0.5, 0.6) is 0 Å². The molecule has 1 aromatic carbocycles. The number of rotatable bonds is 8. The highest BCUT2D eigenvalue weighted by atomic mass is 35.5. The summed E-state index contributed by atoms with van der Waals surface area (Å²) in [6, 6.07) is 1.27. The molecule has 0 atom stereocenters. The number of anilines is 1. The van der Waals surface area contributed by atoms with Crippen LogP contribution in [0.1, 0.15) is 78.4 Å². The number of hydrogen-bond acceptors (Lipinski definition) is 5. The first kappa shape index (κ1) is 27.9. The maximum Gasteiger partial charge on any atom is 0.305 e. The lowest BCUT2D eigenvalue weighted by atomic mass is 9.68. The van der Waals surface area contributed by atoms with Gasteiger partial charge in [-0.05, 0) is 49.9 Å². The third-order valence-electron chi connectivity index (χ3n) is 7.63. The summed E-state index contributed by atoms with van der Waals surface area (Å²) in [6.07, 6.45) is 4.18. The summed E-state index contributed by atoms with van der Waals surface area (Å²) in [6.45, 7) is 2.32. The van der Waals surface area contributed by atoms with E-state index in [9.17, 15) is 32.3 Å². The van der Waals surface area contributed by atoms with E-state index in [1.165, 1.54) is 7.11 Å². The molecule has 1 N–H and O–H groups in total. The zero-order valence-electron chi connectivity index (χ0n) is 21.1. The predicted octanol–water partition coefficient (Wildman–Crippen LogP) is 5.66. The van der Waals surface area contributed by atoms with E-state index in [4.69, 9.17) is 16.3 Å². The first-order valence-electron chi connectivity index (χ1n) is 12.4. The van der Waals surface area contributed by atoms with Gasteiger partial charge < -0.3 is 14.6 Å². The Morgan fingerprint density at radius 3 is 2.37 bits per heavy atom. The molecule has 0 saturated heterocycles. The molecule has 0 bridgehead atoms. The molecule has 2 heterocycles. The maximum atomic E-state index is 13.6. The number of carbonyl (C=O) groups excluding carboxylic acids is 4. The fraction of sp³-hybridized carbons (Fsp3) is 0.481. The van der Waals surface area contributed by atoms with Gasteiger partial charge in [0.05, 0.1) is 17.7 Å². The van der Waals surface area contributed by atoms with Gasteiger partial charge in [0.25, 0.3) is 5.91 Å². The molecule has 38 heavy (non-hydrogen) atoms. The second-order valence-electron chi connectivity index (χ2n) is 10.4. The number of nitrogens with zero attached hydrogens (tertiary/aromatic N) is 1. The van der Waals surface area contributed by atoms with Crippen LogP contribution in [0.4, 0.5) is 18.9 Å². The average Bonchev–Trinajstić information content (AvgIpc) is 3.42. The number of halogens is 4. The van der Waals surface area contributed by atoms with Crippen molar-refractivity contribution in [2.24, 2.45) is 11.3 Å². The molecule has 1 fully saturated rings. The van der Waals surface area contributed by atoms with Gasteiger partial charge in [-0.25, -0.2) is 13.2 Å². The van der Waals surface area contributed by atoms with E-state index >= 15 is 0 Å². The van der Waals surface area contributed by atoms with Crippen molar-refractivity contribution < 1.29 is 37.1 Å². The van der Waals surface area contributed by atoms with Gasteiger partial charge in [0.1, 0.15) is 5.69 Å². The van der Waals surface area contributed by atoms with Crippen molar-refractivity contribution in [3.63, 3.8) is 0 Å². The van der Waals surface area contributed by atoms with Crippen LogP contribution in [-0.2, 0) is 27.3 Å². The number of hydrogen-bond donors (Lipinski definition) is 1. The Morgan fingerprint density at radius 1 is 1.13 bits per heavy atom. The summed E-state index contributed by atoms with van der Waals surface area (Å²) < 4.78 is 46.8. The highest BCUT2D eigenvalue weighted by molar-refractivity contribution is 6.48. The summed E-state index contributed by atoms with van der Waals surface area (Å²) >= 11 is 6.49. The molecule has 204 valence electrons. The molecule has 1 aromatic heterocycles. The van der Waals surface area contributed by atoms with Gasteiger partial charge in [0, 0.05) is 42.9 Å². The first-order chi connectivity index (χ1) is 17.9. The molecule has 4 rings (SSSR count). The van der Waals surface area contributed by atoms with Crippen molar-refractivity contribution in [1.82, 2.24) is 4.57 Å². The number of nitrogens with one attached hydrogen (secondary N) is 1. The Kier molecular flexibility index (Phi) is 8.01. The number of Topliss-reactive ketones (excluding diaryl/α,β-unsaturated/α-hetero) is 2. The topological polar surface area (TPSA) is 94.5 Å². The fourth-order valence-corrected chi connectivity index (χ4v) is 5.88. The van der Waals surface area contributed by atoms with Gasteiger partial charge in [-0.1, -0.05) is 18.5 Å². The number of ketones is 2. The van der Waals surface area contributed by atoms with Gasteiger partial charge in [0.15, 0.2) is 17.5 Å². The smallest absolute Gasteiger partial charge is 0.305 e. The lowest BCUT2D eigenvalue weighted by molar-refractivity contribution is -0.142. The standard InChI is InChI=1S/C27H28ClF3N2O5/c1-27(7-5-14(6-8-27)10-20(35)38-2)13-19(34)25(36)24-22(28)21(18-4-3-9-33(18)24)26(37)32-15-11-16(29)23(31)17(30)12-15/h11-12,14H,3-10,13H2,1-2H3,(H,32,37). The fourth-order valence-electron chi connectivity index (χ4n) is 5.49. The normalized spacial score (nSPS) is 20.6. The maximum absolute atomic E-state index is 13.6. The lowest BCUT2D eigenvalue weighted by Gasteiger charge is -2.36. The lowest BCUT2D eigenvalue weighted by Crippen LogP contribution is -2.31. The van der Waals surface area contributed by atoms with E-state index in [0.29, 0.717) is 56.5 Å². The Bertz CT molecular complexity index is 1290. The average molecular weight is 553 g/mol. The summed E-state index contributed by atoms with van der Waals surface area (Å²) in [5.74, 6) is -6.94. The number of ether oxygens (including phenoxy) is 1. The minimum Gasteiger partial charge on any atom is -0.469 e. The van der Waals surface area contributed by atoms with Crippen molar-refractivity contribution >= 4 is 40.7 Å². The Hall–Kier alpha value is -3.14. The molecular weight excluding hydrogens is 525 g/mol. The van der Waals surface area contributed by atoms with Crippen molar-refractivity contribution in [2.45, 2.75) is 64.8 Å². The van der Waals surface area contributed by atoms with Crippen LogP contribution in [0.15, 0.2) is 12.1 Å². The number of amides is 1. The van der Waals surface area contributed by atoms with Crippen molar-refractivity contribution in [1.29, 1.82) is 0 Å². The minimum absolute atomic E-state index is 0.00326. The van der Waals surface area contributed by atoms with Crippen LogP contribution in [0.2, 0.25) is 5.02 Å². The molecular formula is C27H28ClF3N2O5. The molecule has 0 radical (unpaired) electrons. The van der Waals surface area contributed by atoms with Gasteiger partial charge in [0.2, 0.25) is 11.6 Å². The summed E-state index contributed by atoms with van der Waals surface area (Å²) in [5.41, 5.74) is -0.418. The second kappa shape index (κ2) is 10.9. The van der Waals surface area contributed by atoms with Crippen LogP contribution in [0.25, 0.3) is 0 Å². The van der Waals surface area contributed by atoms with E-state index in [2.05, 4.69) is 5.32 Å². The molecule has 1 aliphatic carbocycles. The SMILES string of the molecule is COC(=O)CC1CCC(C)(CC(=O)C(=O)c2c(Cl)c(C(=O)Nc3cc(F)c(F)c(F)c3)c3n2CCC3)CC1. The summed E-state index contributed by atoms with van der Waals surface area (Å²) in [4.78, 5) is 51.1. The molecule has 7 nitrogen and oxygen atoms in total. The molecule has 0 unspecified atom stereocenters. The second-order valence-corrected chi connectivity index (χ2v) is 10.8. The number of esters is 1. The van der Waals surface area contributed by atoms with E-state index in [1.54, 1.807) is 4.57 Å². The third kappa shape index (κ3) is 5.50. The first-order valence-corrected chi connectivity index (χ1v) is 12.8. The quantitative estimate of drug-likeness (QED) is 0.197. The van der Waals surface area contributed by atoms with Crippen LogP contribution in [0.3, 0.4) is 0 Å². The number of aromatic nitrogens is 1. The largest absolute Gasteiger partial charge is 0.469 e. The molecule has 2 aliphatic rings. The summed E-state index contributed by atoms with van der Waals surface area (Å²) in [7, 11) is 1.35. The van der Waals surface area contributed by atoms with E-state index in [1.807, 2.05) is 6.92 Å². The molecule has 1 aliphatic heterocycles. The van der Waals surface area contributed by atoms with E-state index in [-0.39, 0.29) is 40.3 Å². The molecule has 11 heteroatoms. The molecule has 2 aromatic rings. The monoisotopic (exact) mass is 552 g/mol. The van der Waals surface area contributed by atoms with Gasteiger partial charge in [-0.2, -0.15) is 0 Å². The Labute approximate surface area is 222 Å². The summed E-state index contributed by atoms with van der Waals surface area (Å²) in [5, 5.41) is 2.10. The molecule has 1 saturated carbocycles. The Balaban J connectivity index is 1.51. The van der Waals surface area contributed by atoms with Crippen LogP contribution in [-0.4, -0.2) is 35.1 Å². The van der Waals surface area contributed by atoms with Crippen LogP contribution < -0.4 is 5.32 Å². The Morgan fingerprint density at radius 2 is 1.76 bits per heavy atom. The number of methoxy groups -OCH3 is 1. The number of carbonyl (C=O) groups is 4. The van der Waals surface area contributed by atoms with Crippen molar-refractivity contribution in [3.8, 4) is 0 Å². The van der Waals surface area contributed by atoms with Crippen molar-refractivity contribution in [2.75, 3.05) is 12.4 Å². The number of benzene rings is 1. The zero-order chi connectivity index (χ0) is 27.8. The van der Waals surface area contributed by atoms with E-state index in [0.717, 1.165) is 12.8 Å². The van der Waals surface area contributed by atoms with Crippen LogP contribution >= 0.6 is 11.6 Å². The number of fused-ring (bicyclic) bond motifs is 1. The highest BCUT2D eigenvalue weighted by Crippen LogP contribution is 2.43. The minimum atomic E-state index is -1.66. The zero-order valence-corrected chi connectivity index (χ0v) is 21.9. The van der Waals surface area contributed by atoms with Gasteiger partial charge in [-0.3, -0.25) is 19.2 Å². The molecule has 1 amide bonds. The van der Waals surface area contributed by atoms with Crippen LogP contribution in [0, 0.1) is 28.8 Å². The highest BCUT2D eigenvalue weighted by Gasteiger charge is 2.39.